The quantitative estimate of drug-likeness (QED) is 0.640. The lowest BCUT2D eigenvalue weighted by atomic mass is 9.76. The van der Waals surface area contributed by atoms with Crippen LogP contribution in [0.3, 0.4) is 0 Å². The summed E-state index contributed by atoms with van der Waals surface area (Å²) >= 11 is 0. The highest BCUT2D eigenvalue weighted by atomic mass is 15.3. The van der Waals surface area contributed by atoms with Gasteiger partial charge in [-0.2, -0.15) is 5.26 Å². The summed E-state index contributed by atoms with van der Waals surface area (Å²) in [6.07, 6.45) is 5.72. The van der Waals surface area contributed by atoms with E-state index in [-0.39, 0.29) is 6.04 Å². The molecule has 0 aromatic heterocycles. The van der Waals surface area contributed by atoms with Crippen molar-refractivity contribution in [2.75, 3.05) is 13.2 Å². The fraction of sp³-hybridized carbons (Fsp3) is 0.900. The van der Waals surface area contributed by atoms with Crippen LogP contribution in [-0.2, 0) is 0 Å². The molecule has 3 rings (SSSR count). The van der Waals surface area contributed by atoms with E-state index >= 15 is 0 Å². The molecule has 1 saturated heterocycles. The first-order valence-electron chi connectivity index (χ1n) is 5.18. The lowest BCUT2D eigenvalue weighted by Crippen LogP contribution is -2.45. The fourth-order valence-corrected chi connectivity index (χ4v) is 2.74. The predicted molar refractivity (Wildman–Crippen MR) is 48.8 cm³/mol. The van der Waals surface area contributed by atoms with E-state index < -0.39 is 0 Å². The van der Waals surface area contributed by atoms with Gasteiger partial charge in [0.2, 0.25) is 0 Å². The number of nitriles is 1. The Morgan fingerprint density at radius 2 is 2.15 bits per heavy atom. The smallest absolute Gasteiger partial charge is 0.109 e. The molecule has 1 heterocycles. The summed E-state index contributed by atoms with van der Waals surface area (Å²) in [5.74, 6) is 0. The molecule has 3 nitrogen and oxygen atoms in total. The van der Waals surface area contributed by atoms with E-state index in [4.69, 9.17) is 5.26 Å². The monoisotopic (exact) mass is 177 g/mol. The number of hydrogen-bond acceptors (Lipinski definition) is 3. The lowest BCUT2D eigenvalue weighted by molar-refractivity contribution is 0.0828. The topological polar surface area (TPSA) is 39.1 Å². The Morgan fingerprint density at radius 3 is 2.69 bits per heavy atom. The van der Waals surface area contributed by atoms with Crippen LogP contribution in [0.2, 0.25) is 0 Å². The molecular weight excluding hydrogens is 162 g/mol. The summed E-state index contributed by atoms with van der Waals surface area (Å²) in [4.78, 5) is 2.44. The highest BCUT2D eigenvalue weighted by Crippen LogP contribution is 2.61. The lowest BCUT2D eigenvalue weighted by Gasteiger charge is -2.41. The second-order valence-corrected chi connectivity index (χ2v) is 4.88. The van der Waals surface area contributed by atoms with Gasteiger partial charge in [0.15, 0.2) is 0 Å². The van der Waals surface area contributed by atoms with E-state index in [0.29, 0.717) is 0 Å². The van der Waals surface area contributed by atoms with Gasteiger partial charge in [-0.25, -0.2) is 0 Å². The Labute approximate surface area is 78.7 Å². The molecule has 0 aromatic carbocycles. The van der Waals surface area contributed by atoms with Gasteiger partial charge >= 0.3 is 0 Å². The van der Waals surface area contributed by atoms with Gasteiger partial charge in [-0.05, 0) is 31.1 Å². The van der Waals surface area contributed by atoms with Crippen molar-refractivity contribution in [2.45, 2.75) is 37.8 Å². The SMILES string of the molecule is N#CC1CN(C2CC3(CC3)C2)CN1. The largest absolute Gasteiger partial charge is 0.288 e. The first-order chi connectivity index (χ1) is 6.31. The average Bonchev–Trinajstić information content (AvgIpc) is 2.75. The van der Waals surface area contributed by atoms with Crippen molar-refractivity contribution in [3.05, 3.63) is 0 Å². The molecule has 0 amide bonds. The van der Waals surface area contributed by atoms with Crippen molar-refractivity contribution in [1.29, 1.82) is 5.26 Å². The molecule has 2 aliphatic carbocycles. The Hall–Kier alpha value is -0.590. The zero-order valence-electron chi connectivity index (χ0n) is 7.79. The van der Waals surface area contributed by atoms with E-state index in [9.17, 15) is 0 Å². The van der Waals surface area contributed by atoms with Gasteiger partial charge in [-0.1, -0.05) is 0 Å². The average molecular weight is 177 g/mol. The van der Waals surface area contributed by atoms with Crippen LogP contribution in [0.15, 0.2) is 0 Å². The molecular formula is C10H15N3. The molecule has 3 heteroatoms. The molecule has 2 saturated carbocycles. The third kappa shape index (κ3) is 1.17. The predicted octanol–water partition coefficient (Wildman–Crippen LogP) is 0.684. The molecule has 1 aliphatic heterocycles. The van der Waals surface area contributed by atoms with Crippen molar-refractivity contribution in [1.82, 2.24) is 10.2 Å². The maximum absolute atomic E-state index is 8.73. The van der Waals surface area contributed by atoms with Crippen molar-refractivity contribution < 1.29 is 0 Å². The minimum absolute atomic E-state index is 0.0794. The van der Waals surface area contributed by atoms with Crippen LogP contribution >= 0.6 is 0 Å². The highest BCUT2D eigenvalue weighted by Gasteiger charge is 2.54. The first-order valence-corrected chi connectivity index (χ1v) is 5.18. The van der Waals surface area contributed by atoms with Crippen molar-refractivity contribution >= 4 is 0 Å². The van der Waals surface area contributed by atoms with E-state index in [1.54, 1.807) is 0 Å². The zero-order valence-corrected chi connectivity index (χ0v) is 7.79. The third-order valence-corrected chi connectivity index (χ3v) is 3.92. The maximum atomic E-state index is 8.73. The molecule has 1 atom stereocenters. The normalized spacial score (nSPS) is 37.3. The molecule has 0 radical (unpaired) electrons. The molecule has 1 N–H and O–H groups in total. The molecule has 1 unspecified atom stereocenters. The van der Waals surface area contributed by atoms with Gasteiger partial charge in [0.1, 0.15) is 6.04 Å². The Bertz CT molecular complexity index is 256. The van der Waals surface area contributed by atoms with E-state index in [0.717, 1.165) is 24.7 Å². The molecule has 13 heavy (non-hydrogen) atoms. The molecule has 0 aromatic rings. The van der Waals surface area contributed by atoms with Crippen molar-refractivity contribution in [2.24, 2.45) is 5.41 Å². The zero-order chi connectivity index (χ0) is 8.89. The Morgan fingerprint density at radius 1 is 1.38 bits per heavy atom. The Kier molecular flexibility index (Phi) is 1.47. The second kappa shape index (κ2) is 2.46. The van der Waals surface area contributed by atoms with Crippen LogP contribution in [0.5, 0.6) is 0 Å². The summed E-state index contributed by atoms with van der Waals surface area (Å²) < 4.78 is 0. The van der Waals surface area contributed by atoms with Crippen LogP contribution in [0, 0.1) is 16.7 Å². The summed E-state index contributed by atoms with van der Waals surface area (Å²) in [5, 5.41) is 12.0. The summed E-state index contributed by atoms with van der Waals surface area (Å²) in [6.45, 7) is 1.87. The van der Waals surface area contributed by atoms with Crippen molar-refractivity contribution in [3.8, 4) is 6.07 Å². The minimum Gasteiger partial charge on any atom is -0.288 e. The van der Waals surface area contributed by atoms with Gasteiger partial charge in [-0.3, -0.25) is 10.2 Å². The number of nitrogens with one attached hydrogen (secondary N) is 1. The van der Waals surface area contributed by atoms with Gasteiger partial charge in [0.25, 0.3) is 0 Å². The van der Waals surface area contributed by atoms with Gasteiger partial charge in [0.05, 0.1) is 6.07 Å². The molecule has 3 fully saturated rings. The van der Waals surface area contributed by atoms with Gasteiger partial charge < -0.3 is 0 Å². The third-order valence-electron chi connectivity index (χ3n) is 3.92. The van der Waals surface area contributed by atoms with Crippen LogP contribution in [0.4, 0.5) is 0 Å². The number of hydrogen-bond donors (Lipinski definition) is 1. The highest BCUT2D eigenvalue weighted by molar-refractivity contribution is 5.09. The van der Waals surface area contributed by atoms with Crippen LogP contribution in [0.1, 0.15) is 25.7 Å². The van der Waals surface area contributed by atoms with Gasteiger partial charge in [0, 0.05) is 19.3 Å². The Balaban J connectivity index is 1.55. The van der Waals surface area contributed by atoms with E-state index in [1.165, 1.54) is 25.7 Å². The van der Waals surface area contributed by atoms with Crippen molar-refractivity contribution in [3.63, 3.8) is 0 Å². The van der Waals surface area contributed by atoms with E-state index in [1.807, 2.05) is 0 Å². The maximum Gasteiger partial charge on any atom is 0.109 e. The van der Waals surface area contributed by atoms with Crippen LogP contribution in [0.25, 0.3) is 0 Å². The van der Waals surface area contributed by atoms with Crippen LogP contribution in [-0.4, -0.2) is 30.2 Å². The minimum atomic E-state index is 0.0794. The molecule has 1 spiro atoms. The van der Waals surface area contributed by atoms with Crippen LogP contribution < -0.4 is 5.32 Å². The molecule has 3 aliphatic rings. The summed E-state index contributed by atoms with van der Waals surface area (Å²) in [5.41, 5.74) is 0.787. The summed E-state index contributed by atoms with van der Waals surface area (Å²) in [7, 11) is 0. The number of rotatable bonds is 1. The number of nitrogens with zero attached hydrogens (tertiary/aromatic N) is 2. The van der Waals surface area contributed by atoms with E-state index in [2.05, 4.69) is 16.3 Å². The first kappa shape index (κ1) is 7.78. The summed E-state index contributed by atoms with van der Waals surface area (Å²) in [6, 6.07) is 3.15. The molecule has 70 valence electrons. The standard InChI is InChI=1S/C10H15N3/c11-5-8-6-13(7-12-8)9-3-10(4-9)1-2-10/h8-9,12H,1-4,6-7H2. The molecule has 0 bridgehead atoms. The van der Waals surface area contributed by atoms with Gasteiger partial charge in [-0.15, -0.1) is 0 Å². The second-order valence-electron chi connectivity index (χ2n) is 4.88. The fourth-order valence-electron chi connectivity index (χ4n) is 2.74.